The van der Waals surface area contributed by atoms with Gasteiger partial charge in [0.15, 0.2) is 0 Å². The lowest BCUT2D eigenvalue weighted by Gasteiger charge is -2.08. The van der Waals surface area contributed by atoms with E-state index >= 15 is 0 Å². The van der Waals surface area contributed by atoms with Crippen LogP contribution in [0, 0.1) is 6.92 Å². The number of carbonyl (C=O) groups excluding carboxylic acids is 1. The predicted molar refractivity (Wildman–Crippen MR) is 108 cm³/mol. The first-order valence-corrected chi connectivity index (χ1v) is 9.27. The summed E-state index contributed by atoms with van der Waals surface area (Å²) in [4.78, 5) is 12.2. The first-order chi connectivity index (χ1) is 12.6. The van der Waals surface area contributed by atoms with Gasteiger partial charge in [-0.05, 0) is 60.9 Å². The number of benzene rings is 3. The summed E-state index contributed by atoms with van der Waals surface area (Å²) in [5.74, 6) is 1.56. The minimum absolute atomic E-state index is 0.0604. The number of hydrogen-bond acceptors (Lipinski definition) is 2. The molecule has 0 atom stereocenters. The minimum Gasteiger partial charge on any atom is -0.457 e. The molecule has 0 saturated carbocycles. The van der Waals surface area contributed by atoms with Gasteiger partial charge in [0.2, 0.25) is 0 Å². The molecule has 0 radical (unpaired) electrons. The normalized spacial score (nSPS) is 10.4. The Morgan fingerprint density at radius 3 is 2.35 bits per heavy atom. The van der Waals surface area contributed by atoms with Crippen LogP contribution in [0.25, 0.3) is 0 Å². The van der Waals surface area contributed by atoms with Crippen LogP contribution in [0.1, 0.15) is 21.5 Å². The predicted octanol–water partition coefficient (Wildman–Crippen LogP) is 5.52. The van der Waals surface area contributed by atoms with Crippen molar-refractivity contribution in [3.8, 4) is 11.5 Å². The SMILES string of the molecule is Cc1ccc(C(=O)NCCc2ccc(Oc3ccccc3)cc2)cc1Br. The number of ether oxygens (including phenoxy) is 1. The number of carbonyl (C=O) groups is 1. The van der Waals surface area contributed by atoms with E-state index in [1.807, 2.05) is 79.7 Å². The van der Waals surface area contributed by atoms with E-state index in [0.29, 0.717) is 12.1 Å². The Kier molecular flexibility index (Phi) is 6.08. The van der Waals surface area contributed by atoms with Crippen molar-refractivity contribution in [1.29, 1.82) is 0 Å². The maximum Gasteiger partial charge on any atom is 0.251 e. The molecule has 0 unspecified atom stereocenters. The lowest BCUT2D eigenvalue weighted by molar-refractivity contribution is 0.0954. The van der Waals surface area contributed by atoms with Crippen LogP contribution in [-0.2, 0) is 6.42 Å². The summed E-state index contributed by atoms with van der Waals surface area (Å²) < 4.78 is 6.72. The van der Waals surface area contributed by atoms with Gasteiger partial charge in [0.25, 0.3) is 5.91 Å². The molecule has 4 heteroatoms. The molecular formula is C22H20BrNO2. The molecule has 1 N–H and O–H groups in total. The highest BCUT2D eigenvalue weighted by Crippen LogP contribution is 2.21. The molecule has 3 aromatic carbocycles. The highest BCUT2D eigenvalue weighted by Gasteiger charge is 2.06. The molecule has 0 aliphatic carbocycles. The summed E-state index contributed by atoms with van der Waals surface area (Å²) in [5, 5.41) is 2.96. The fourth-order valence-electron chi connectivity index (χ4n) is 2.51. The zero-order valence-corrected chi connectivity index (χ0v) is 16.1. The highest BCUT2D eigenvalue weighted by atomic mass is 79.9. The third-order valence-corrected chi connectivity index (χ3v) is 4.89. The van der Waals surface area contributed by atoms with E-state index in [-0.39, 0.29) is 5.91 Å². The highest BCUT2D eigenvalue weighted by molar-refractivity contribution is 9.10. The average molecular weight is 410 g/mol. The van der Waals surface area contributed by atoms with E-state index in [2.05, 4.69) is 21.2 Å². The number of para-hydroxylation sites is 1. The molecule has 0 aliphatic rings. The van der Waals surface area contributed by atoms with Crippen molar-refractivity contribution in [3.05, 3.63) is 94.0 Å². The van der Waals surface area contributed by atoms with Crippen molar-refractivity contribution in [2.45, 2.75) is 13.3 Å². The molecule has 3 rings (SSSR count). The van der Waals surface area contributed by atoms with Gasteiger partial charge in [-0.25, -0.2) is 0 Å². The summed E-state index contributed by atoms with van der Waals surface area (Å²) in [6.07, 6.45) is 0.768. The van der Waals surface area contributed by atoms with Crippen molar-refractivity contribution >= 4 is 21.8 Å². The topological polar surface area (TPSA) is 38.3 Å². The zero-order chi connectivity index (χ0) is 18.4. The van der Waals surface area contributed by atoms with Gasteiger partial charge in [-0.1, -0.05) is 52.3 Å². The molecule has 0 heterocycles. The van der Waals surface area contributed by atoms with Gasteiger partial charge in [-0.15, -0.1) is 0 Å². The number of nitrogens with one attached hydrogen (secondary N) is 1. The lowest BCUT2D eigenvalue weighted by Crippen LogP contribution is -2.25. The van der Waals surface area contributed by atoms with Crippen molar-refractivity contribution in [2.75, 3.05) is 6.54 Å². The molecule has 0 spiro atoms. The fraction of sp³-hybridized carbons (Fsp3) is 0.136. The number of rotatable bonds is 6. The third-order valence-electron chi connectivity index (χ3n) is 4.04. The van der Waals surface area contributed by atoms with E-state index in [4.69, 9.17) is 4.74 Å². The first-order valence-electron chi connectivity index (χ1n) is 8.48. The fourth-order valence-corrected chi connectivity index (χ4v) is 2.88. The van der Waals surface area contributed by atoms with Crippen molar-refractivity contribution in [3.63, 3.8) is 0 Å². The molecule has 0 aromatic heterocycles. The van der Waals surface area contributed by atoms with Gasteiger partial charge in [0.05, 0.1) is 0 Å². The Morgan fingerprint density at radius 1 is 0.962 bits per heavy atom. The van der Waals surface area contributed by atoms with Crippen LogP contribution in [0.3, 0.4) is 0 Å². The third kappa shape index (κ3) is 4.96. The van der Waals surface area contributed by atoms with Gasteiger partial charge in [0.1, 0.15) is 11.5 Å². The van der Waals surface area contributed by atoms with Crippen molar-refractivity contribution in [2.24, 2.45) is 0 Å². The van der Waals surface area contributed by atoms with Crippen LogP contribution in [0.4, 0.5) is 0 Å². The standard InChI is InChI=1S/C22H20BrNO2/c1-16-7-10-18(15-21(16)23)22(25)24-14-13-17-8-11-20(12-9-17)26-19-5-3-2-4-6-19/h2-12,15H,13-14H2,1H3,(H,24,25). The average Bonchev–Trinajstić information content (AvgIpc) is 2.66. The molecular weight excluding hydrogens is 390 g/mol. The maximum atomic E-state index is 12.2. The maximum absolute atomic E-state index is 12.2. The largest absolute Gasteiger partial charge is 0.457 e. The number of aryl methyl sites for hydroxylation is 1. The molecule has 26 heavy (non-hydrogen) atoms. The Hall–Kier alpha value is -2.59. The van der Waals surface area contributed by atoms with Gasteiger partial charge in [-0.2, -0.15) is 0 Å². The number of halogens is 1. The molecule has 0 bridgehead atoms. The summed E-state index contributed by atoms with van der Waals surface area (Å²) >= 11 is 3.46. The van der Waals surface area contributed by atoms with Gasteiger partial charge in [-0.3, -0.25) is 4.79 Å². The van der Waals surface area contributed by atoms with Crippen molar-refractivity contribution in [1.82, 2.24) is 5.32 Å². The Balaban J connectivity index is 1.50. The summed E-state index contributed by atoms with van der Waals surface area (Å²) in [6, 6.07) is 23.2. The Labute approximate surface area is 162 Å². The van der Waals surface area contributed by atoms with Crippen LogP contribution >= 0.6 is 15.9 Å². The molecule has 0 aliphatic heterocycles. The summed E-state index contributed by atoms with van der Waals surface area (Å²) in [5.41, 5.74) is 2.92. The molecule has 3 aromatic rings. The van der Waals surface area contributed by atoms with E-state index < -0.39 is 0 Å². The minimum atomic E-state index is -0.0604. The van der Waals surface area contributed by atoms with E-state index in [1.54, 1.807) is 0 Å². The summed E-state index contributed by atoms with van der Waals surface area (Å²) in [6.45, 7) is 2.58. The van der Waals surface area contributed by atoms with Crippen LogP contribution in [0.15, 0.2) is 77.3 Å². The van der Waals surface area contributed by atoms with Gasteiger partial charge >= 0.3 is 0 Å². The monoisotopic (exact) mass is 409 g/mol. The molecule has 0 fully saturated rings. The van der Waals surface area contributed by atoms with E-state index in [0.717, 1.165) is 33.5 Å². The smallest absolute Gasteiger partial charge is 0.251 e. The first kappa shape index (κ1) is 18.2. The van der Waals surface area contributed by atoms with Crippen LogP contribution < -0.4 is 10.1 Å². The second-order valence-corrected chi connectivity index (χ2v) is 6.88. The van der Waals surface area contributed by atoms with Crippen LogP contribution in [-0.4, -0.2) is 12.5 Å². The van der Waals surface area contributed by atoms with Gasteiger partial charge < -0.3 is 10.1 Å². The second-order valence-electron chi connectivity index (χ2n) is 6.03. The van der Waals surface area contributed by atoms with Crippen LogP contribution in [0.2, 0.25) is 0 Å². The second kappa shape index (κ2) is 8.68. The van der Waals surface area contributed by atoms with Gasteiger partial charge in [0, 0.05) is 16.6 Å². The number of amides is 1. The zero-order valence-electron chi connectivity index (χ0n) is 14.5. The van der Waals surface area contributed by atoms with Crippen molar-refractivity contribution < 1.29 is 9.53 Å². The molecule has 3 nitrogen and oxygen atoms in total. The molecule has 1 amide bonds. The quantitative estimate of drug-likeness (QED) is 0.581. The van der Waals surface area contributed by atoms with E-state index in [9.17, 15) is 4.79 Å². The van der Waals surface area contributed by atoms with Crippen LogP contribution in [0.5, 0.6) is 11.5 Å². The summed E-state index contributed by atoms with van der Waals surface area (Å²) in [7, 11) is 0. The number of hydrogen-bond donors (Lipinski definition) is 1. The lowest BCUT2D eigenvalue weighted by atomic mass is 10.1. The molecule has 132 valence electrons. The van der Waals surface area contributed by atoms with E-state index in [1.165, 1.54) is 0 Å². The Morgan fingerprint density at radius 2 is 1.65 bits per heavy atom. The molecule has 0 saturated heterocycles. The Bertz CT molecular complexity index is 876.